The highest BCUT2D eigenvalue weighted by Gasteiger charge is 1.97. The molecule has 0 radical (unpaired) electrons. The third-order valence-electron chi connectivity index (χ3n) is 2.22. The Morgan fingerprint density at radius 1 is 0.824 bits per heavy atom. The Morgan fingerprint density at radius 3 is 1.65 bits per heavy atom. The number of halogens is 1. The molecule has 88 valence electrons. The van der Waals surface area contributed by atoms with Gasteiger partial charge in [-0.25, -0.2) is 0 Å². The van der Waals surface area contributed by atoms with Crippen LogP contribution < -0.4 is 0 Å². The van der Waals surface area contributed by atoms with Crippen molar-refractivity contribution in [2.24, 2.45) is 0 Å². The first-order chi connectivity index (χ1) is 8.29. The molecule has 1 nitrogen and oxygen atoms in total. The van der Waals surface area contributed by atoms with E-state index < -0.39 is 0 Å². The van der Waals surface area contributed by atoms with Gasteiger partial charge in [0.1, 0.15) is 6.29 Å². The molecule has 2 aromatic rings. The molecule has 0 atom stereocenters. The molecule has 0 bridgehead atoms. The number of hydrogen-bond acceptors (Lipinski definition) is 1. The van der Waals surface area contributed by atoms with E-state index in [-0.39, 0.29) is 0 Å². The SMILES string of the molecule is CC.O=Cc1ccc(-c2ccc(Cl)cc2)cc1. The second-order valence-electron chi connectivity index (χ2n) is 3.25. The third kappa shape index (κ3) is 3.72. The van der Waals surface area contributed by atoms with Crippen molar-refractivity contribution in [2.75, 3.05) is 0 Å². The molecule has 0 amide bonds. The molecule has 0 aliphatic heterocycles. The van der Waals surface area contributed by atoms with Crippen molar-refractivity contribution in [1.29, 1.82) is 0 Å². The van der Waals surface area contributed by atoms with Crippen LogP contribution in [0.15, 0.2) is 48.5 Å². The van der Waals surface area contributed by atoms with E-state index in [1.807, 2.05) is 50.2 Å². The van der Waals surface area contributed by atoms with E-state index in [0.29, 0.717) is 5.56 Å². The minimum absolute atomic E-state index is 0.688. The van der Waals surface area contributed by atoms with Gasteiger partial charge in [-0.15, -0.1) is 0 Å². The predicted octanol–water partition coefficient (Wildman–Crippen LogP) is 4.85. The van der Waals surface area contributed by atoms with Gasteiger partial charge in [-0.2, -0.15) is 0 Å². The van der Waals surface area contributed by atoms with E-state index in [9.17, 15) is 4.79 Å². The van der Waals surface area contributed by atoms with Crippen LogP contribution in [-0.4, -0.2) is 6.29 Å². The molecule has 0 aliphatic carbocycles. The molecule has 0 saturated heterocycles. The quantitative estimate of drug-likeness (QED) is 0.693. The minimum atomic E-state index is 0.688. The average molecular weight is 247 g/mol. The smallest absolute Gasteiger partial charge is 0.150 e. The summed E-state index contributed by atoms with van der Waals surface area (Å²) in [7, 11) is 0. The average Bonchev–Trinajstić information content (AvgIpc) is 2.42. The van der Waals surface area contributed by atoms with Gasteiger partial charge in [0.15, 0.2) is 0 Å². The fourth-order valence-corrected chi connectivity index (χ4v) is 1.52. The molecular formula is C15H15ClO. The molecule has 0 spiro atoms. The normalized spacial score (nSPS) is 9.12. The molecule has 0 fully saturated rings. The second-order valence-corrected chi connectivity index (χ2v) is 3.68. The zero-order valence-electron chi connectivity index (χ0n) is 9.98. The highest BCUT2D eigenvalue weighted by molar-refractivity contribution is 6.30. The number of aldehydes is 1. The molecule has 0 aromatic heterocycles. The third-order valence-corrected chi connectivity index (χ3v) is 2.48. The molecule has 0 saturated carbocycles. The molecule has 0 heterocycles. The lowest BCUT2D eigenvalue weighted by Crippen LogP contribution is -1.80. The van der Waals surface area contributed by atoms with Gasteiger partial charge in [-0.1, -0.05) is 61.8 Å². The molecule has 0 unspecified atom stereocenters. The van der Waals surface area contributed by atoms with Crippen molar-refractivity contribution < 1.29 is 4.79 Å². The van der Waals surface area contributed by atoms with E-state index in [1.54, 1.807) is 12.1 Å². The first kappa shape index (κ1) is 13.5. The van der Waals surface area contributed by atoms with Crippen LogP contribution in [0.1, 0.15) is 24.2 Å². The fourth-order valence-electron chi connectivity index (χ4n) is 1.40. The van der Waals surface area contributed by atoms with Gasteiger partial charge in [-0.05, 0) is 23.3 Å². The lowest BCUT2D eigenvalue weighted by atomic mass is 10.0. The van der Waals surface area contributed by atoms with Gasteiger partial charge in [0.25, 0.3) is 0 Å². The summed E-state index contributed by atoms with van der Waals surface area (Å²) in [6.07, 6.45) is 0.839. The number of carbonyl (C=O) groups excluding carboxylic acids is 1. The second kappa shape index (κ2) is 6.87. The topological polar surface area (TPSA) is 17.1 Å². The maximum absolute atomic E-state index is 10.5. The van der Waals surface area contributed by atoms with Crippen molar-refractivity contribution >= 4 is 17.9 Å². The van der Waals surface area contributed by atoms with Crippen molar-refractivity contribution in [3.05, 3.63) is 59.1 Å². The molecule has 17 heavy (non-hydrogen) atoms. The van der Waals surface area contributed by atoms with E-state index in [4.69, 9.17) is 11.6 Å². The van der Waals surface area contributed by atoms with Crippen LogP contribution in [-0.2, 0) is 0 Å². The van der Waals surface area contributed by atoms with Gasteiger partial charge in [0.2, 0.25) is 0 Å². The summed E-state index contributed by atoms with van der Waals surface area (Å²) >= 11 is 5.80. The predicted molar refractivity (Wildman–Crippen MR) is 73.6 cm³/mol. The maximum atomic E-state index is 10.5. The summed E-state index contributed by atoms with van der Waals surface area (Å²) in [5, 5.41) is 0.725. The molecule has 0 N–H and O–H groups in total. The lowest BCUT2D eigenvalue weighted by molar-refractivity contribution is 0.112. The zero-order valence-corrected chi connectivity index (χ0v) is 10.7. The number of hydrogen-bond donors (Lipinski definition) is 0. The van der Waals surface area contributed by atoms with Gasteiger partial charge >= 0.3 is 0 Å². The van der Waals surface area contributed by atoms with E-state index in [0.717, 1.165) is 22.4 Å². The summed E-state index contributed by atoms with van der Waals surface area (Å²) in [5.41, 5.74) is 2.86. The van der Waals surface area contributed by atoms with E-state index >= 15 is 0 Å². The van der Waals surface area contributed by atoms with E-state index in [2.05, 4.69) is 0 Å². The van der Waals surface area contributed by atoms with Gasteiger partial charge in [0, 0.05) is 10.6 Å². The Bertz CT molecular complexity index is 457. The summed E-state index contributed by atoms with van der Waals surface area (Å²) in [4.78, 5) is 10.5. The largest absolute Gasteiger partial charge is 0.298 e. The highest BCUT2D eigenvalue weighted by Crippen LogP contribution is 2.21. The Balaban J connectivity index is 0.000000686. The van der Waals surface area contributed by atoms with Crippen molar-refractivity contribution in [2.45, 2.75) is 13.8 Å². The molecule has 2 heteroatoms. The van der Waals surface area contributed by atoms with Crippen molar-refractivity contribution in [1.82, 2.24) is 0 Å². The first-order valence-corrected chi connectivity index (χ1v) is 5.98. The maximum Gasteiger partial charge on any atom is 0.150 e. The monoisotopic (exact) mass is 246 g/mol. The van der Waals surface area contributed by atoms with Crippen LogP contribution in [0.2, 0.25) is 5.02 Å². The summed E-state index contributed by atoms with van der Waals surface area (Å²) in [5.74, 6) is 0. The Morgan fingerprint density at radius 2 is 1.24 bits per heavy atom. The summed E-state index contributed by atoms with van der Waals surface area (Å²) in [6.45, 7) is 4.00. The Kier molecular flexibility index (Phi) is 5.44. The van der Waals surface area contributed by atoms with Crippen LogP contribution in [0.25, 0.3) is 11.1 Å². The van der Waals surface area contributed by atoms with Crippen LogP contribution in [0.5, 0.6) is 0 Å². The molecule has 0 aliphatic rings. The van der Waals surface area contributed by atoms with Crippen molar-refractivity contribution in [3.63, 3.8) is 0 Å². The van der Waals surface area contributed by atoms with Crippen LogP contribution >= 0.6 is 11.6 Å². The molecular weight excluding hydrogens is 232 g/mol. The number of rotatable bonds is 2. The van der Waals surface area contributed by atoms with Gasteiger partial charge in [-0.3, -0.25) is 4.79 Å². The van der Waals surface area contributed by atoms with Gasteiger partial charge < -0.3 is 0 Å². The first-order valence-electron chi connectivity index (χ1n) is 5.61. The minimum Gasteiger partial charge on any atom is -0.298 e. The van der Waals surface area contributed by atoms with E-state index in [1.165, 1.54) is 0 Å². The standard InChI is InChI=1S/C13H9ClO.C2H6/c14-13-7-5-12(6-8-13)11-3-1-10(9-15)2-4-11;1-2/h1-9H;1-2H3. The summed E-state index contributed by atoms with van der Waals surface area (Å²) in [6, 6.07) is 15.1. The van der Waals surface area contributed by atoms with Crippen LogP contribution in [0, 0.1) is 0 Å². The Hall–Kier alpha value is -1.60. The van der Waals surface area contributed by atoms with Crippen LogP contribution in [0.3, 0.4) is 0 Å². The molecule has 2 aromatic carbocycles. The highest BCUT2D eigenvalue weighted by atomic mass is 35.5. The number of benzene rings is 2. The summed E-state index contributed by atoms with van der Waals surface area (Å²) < 4.78 is 0. The molecule has 2 rings (SSSR count). The lowest BCUT2D eigenvalue weighted by Gasteiger charge is -2.01. The van der Waals surface area contributed by atoms with Gasteiger partial charge in [0.05, 0.1) is 0 Å². The zero-order chi connectivity index (χ0) is 12.7. The van der Waals surface area contributed by atoms with Crippen molar-refractivity contribution in [3.8, 4) is 11.1 Å². The van der Waals surface area contributed by atoms with Crippen LogP contribution in [0.4, 0.5) is 0 Å². The Labute approximate surface area is 107 Å². The number of carbonyl (C=O) groups is 1. The fraction of sp³-hybridized carbons (Fsp3) is 0.133.